The first-order valence-corrected chi connectivity index (χ1v) is 9.81. The summed E-state index contributed by atoms with van der Waals surface area (Å²) in [7, 11) is -1.88. The van der Waals surface area contributed by atoms with Crippen molar-refractivity contribution < 1.29 is 17.9 Å². The van der Waals surface area contributed by atoms with Crippen molar-refractivity contribution in [1.29, 1.82) is 0 Å². The Morgan fingerprint density at radius 1 is 1.20 bits per heavy atom. The zero-order valence-corrected chi connectivity index (χ0v) is 16.7. The minimum Gasteiger partial charge on any atom is -0.491 e. The summed E-state index contributed by atoms with van der Waals surface area (Å²) in [6, 6.07) is 6.52. The SMILES string of the molecule is COCC1(CNS(=O)(=O)c2ccc(OC(C)C)cc2)CCNCC1.Cl. The summed E-state index contributed by atoms with van der Waals surface area (Å²) in [6.45, 7) is 6.56. The highest BCUT2D eigenvalue weighted by atomic mass is 35.5. The van der Waals surface area contributed by atoms with Gasteiger partial charge in [-0.05, 0) is 64.0 Å². The van der Waals surface area contributed by atoms with Gasteiger partial charge in [-0.1, -0.05) is 0 Å². The predicted octanol–water partition coefficient (Wildman–Crippen LogP) is 2.19. The molecule has 0 radical (unpaired) electrons. The van der Waals surface area contributed by atoms with E-state index in [0.29, 0.717) is 18.9 Å². The van der Waals surface area contributed by atoms with Gasteiger partial charge in [0.15, 0.2) is 0 Å². The smallest absolute Gasteiger partial charge is 0.240 e. The lowest BCUT2D eigenvalue weighted by Gasteiger charge is -2.37. The second-order valence-corrected chi connectivity index (χ2v) is 8.41. The van der Waals surface area contributed by atoms with Gasteiger partial charge in [0.05, 0.1) is 17.6 Å². The van der Waals surface area contributed by atoms with Gasteiger partial charge in [0.2, 0.25) is 10.0 Å². The van der Waals surface area contributed by atoms with Crippen molar-refractivity contribution in [2.75, 3.05) is 33.4 Å². The van der Waals surface area contributed by atoms with E-state index >= 15 is 0 Å². The van der Waals surface area contributed by atoms with Crippen LogP contribution in [0.1, 0.15) is 26.7 Å². The second-order valence-electron chi connectivity index (χ2n) is 6.65. The van der Waals surface area contributed by atoms with Gasteiger partial charge in [-0.2, -0.15) is 0 Å². The van der Waals surface area contributed by atoms with Crippen molar-refractivity contribution >= 4 is 22.4 Å². The van der Waals surface area contributed by atoms with Gasteiger partial charge >= 0.3 is 0 Å². The third-order valence-corrected chi connectivity index (χ3v) is 5.67. The van der Waals surface area contributed by atoms with E-state index in [0.717, 1.165) is 25.9 Å². The zero-order chi connectivity index (χ0) is 17.6. The number of piperidine rings is 1. The van der Waals surface area contributed by atoms with Crippen molar-refractivity contribution in [3.05, 3.63) is 24.3 Å². The molecule has 1 saturated heterocycles. The van der Waals surface area contributed by atoms with Crippen LogP contribution < -0.4 is 14.8 Å². The molecule has 1 heterocycles. The highest BCUT2D eigenvalue weighted by molar-refractivity contribution is 7.89. The van der Waals surface area contributed by atoms with Gasteiger partial charge in [0.25, 0.3) is 0 Å². The van der Waals surface area contributed by atoms with E-state index in [1.54, 1.807) is 31.4 Å². The van der Waals surface area contributed by atoms with Gasteiger partial charge in [0, 0.05) is 19.1 Å². The molecule has 0 aromatic heterocycles. The average Bonchev–Trinajstić information content (AvgIpc) is 2.54. The van der Waals surface area contributed by atoms with Crippen LogP contribution in [0.3, 0.4) is 0 Å². The molecule has 0 aliphatic carbocycles. The number of nitrogens with one attached hydrogen (secondary N) is 2. The average molecular weight is 393 g/mol. The summed E-state index contributed by atoms with van der Waals surface area (Å²) in [6.07, 6.45) is 1.84. The Morgan fingerprint density at radius 2 is 1.80 bits per heavy atom. The van der Waals surface area contributed by atoms with E-state index in [2.05, 4.69) is 10.0 Å². The molecule has 6 nitrogen and oxygen atoms in total. The molecule has 8 heteroatoms. The first-order chi connectivity index (χ1) is 11.4. The Morgan fingerprint density at radius 3 is 2.32 bits per heavy atom. The monoisotopic (exact) mass is 392 g/mol. The van der Waals surface area contributed by atoms with Crippen LogP contribution in [0.15, 0.2) is 29.2 Å². The molecule has 0 saturated carbocycles. The molecule has 25 heavy (non-hydrogen) atoms. The molecular weight excluding hydrogens is 364 g/mol. The fourth-order valence-corrected chi connectivity index (χ4v) is 4.09. The summed E-state index contributed by atoms with van der Waals surface area (Å²) in [5.41, 5.74) is -0.145. The first kappa shape index (κ1) is 22.2. The number of rotatable bonds is 8. The fourth-order valence-electron chi connectivity index (χ4n) is 2.94. The van der Waals surface area contributed by atoms with Crippen LogP contribution in [-0.4, -0.2) is 47.9 Å². The number of hydrogen-bond donors (Lipinski definition) is 2. The van der Waals surface area contributed by atoms with Gasteiger partial charge in [-0.15, -0.1) is 12.4 Å². The molecule has 0 amide bonds. The number of sulfonamides is 1. The van der Waals surface area contributed by atoms with E-state index in [1.807, 2.05) is 13.8 Å². The Hall–Kier alpha value is -0.860. The zero-order valence-electron chi connectivity index (χ0n) is 15.1. The van der Waals surface area contributed by atoms with Crippen molar-refractivity contribution in [3.8, 4) is 5.75 Å². The van der Waals surface area contributed by atoms with Crippen molar-refractivity contribution in [2.24, 2.45) is 5.41 Å². The fraction of sp³-hybridized carbons (Fsp3) is 0.647. The molecule has 0 atom stereocenters. The van der Waals surface area contributed by atoms with E-state index in [-0.39, 0.29) is 28.8 Å². The van der Waals surface area contributed by atoms with E-state index in [4.69, 9.17) is 9.47 Å². The van der Waals surface area contributed by atoms with E-state index < -0.39 is 10.0 Å². The van der Waals surface area contributed by atoms with Crippen molar-refractivity contribution in [3.63, 3.8) is 0 Å². The minimum absolute atomic E-state index is 0. The largest absolute Gasteiger partial charge is 0.491 e. The molecule has 1 aliphatic heterocycles. The number of benzene rings is 1. The number of hydrogen-bond acceptors (Lipinski definition) is 5. The Labute approximate surface area is 157 Å². The quantitative estimate of drug-likeness (QED) is 0.709. The van der Waals surface area contributed by atoms with Crippen LogP contribution >= 0.6 is 12.4 Å². The highest BCUT2D eigenvalue weighted by Crippen LogP contribution is 2.29. The summed E-state index contributed by atoms with van der Waals surface area (Å²) in [4.78, 5) is 0.250. The van der Waals surface area contributed by atoms with Crippen LogP contribution in [-0.2, 0) is 14.8 Å². The topological polar surface area (TPSA) is 76.7 Å². The lowest BCUT2D eigenvalue weighted by molar-refractivity contribution is 0.0577. The van der Waals surface area contributed by atoms with Gasteiger partial charge in [-0.3, -0.25) is 0 Å². The number of halogens is 1. The summed E-state index contributed by atoms with van der Waals surface area (Å²) >= 11 is 0. The van der Waals surface area contributed by atoms with E-state index in [9.17, 15) is 8.42 Å². The third kappa shape index (κ3) is 6.42. The lowest BCUT2D eigenvalue weighted by Crippen LogP contribution is -2.47. The molecule has 0 bridgehead atoms. The third-order valence-electron chi connectivity index (χ3n) is 4.26. The Bertz CT molecular complexity index is 609. The Kier molecular flexibility index (Phi) is 8.63. The minimum atomic E-state index is -3.54. The summed E-state index contributed by atoms with van der Waals surface area (Å²) < 4.78 is 38.7. The molecule has 1 aromatic rings. The lowest BCUT2D eigenvalue weighted by atomic mass is 9.80. The molecule has 0 spiro atoms. The predicted molar refractivity (Wildman–Crippen MR) is 101 cm³/mol. The molecule has 0 unspecified atom stereocenters. The van der Waals surface area contributed by atoms with Crippen LogP contribution in [0, 0.1) is 5.41 Å². The molecule has 2 N–H and O–H groups in total. The van der Waals surface area contributed by atoms with Crippen LogP contribution in [0.2, 0.25) is 0 Å². The molecule has 1 aromatic carbocycles. The van der Waals surface area contributed by atoms with Gasteiger partial charge in [0.1, 0.15) is 5.75 Å². The molecule has 1 fully saturated rings. The van der Waals surface area contributed by atoms with Gasteiger partial charge < -0.3 is 14.8 Å². The molecule has 2 rings (SSSR count). The van der Waals surface area contributed by atoms with Crippen molar-refractivity contribution in [2.45, 2.75) is 37.7 Å². The maximum Gasteiger partial charge on any atom is 0.240 e. The van der Waals surface area contributed by atoms with Crippen molar-refractivity contribution in [1.82, 2.24) is 10.0 Å². The number of ether oxygens (including phenoxy) is 2. The maximum absolute atomic E-state index is 12.5. The first-order valence-electron chi connectivity index (χ1n) is 8.33. The Balaban J connectivity index is 0.00000312. The molecular formula is C17H29ClN2O4S. The standard InChI is InChI=1S/C17H28N2O4S.ClH/c1-14(2)23-15-4-6-16(7-5-15)24(20,21)19-12-17(13-22-3)8-10-18-11-9-17;/h4-7,14,18-19H,8-13H2,1-3H3;1H. The van der Waals surface area contributed by atoms with Crippen LogP contribution in [0.5, 0.6) is 5.75 Å². The number of methoxy groups -OCH3 is 1. The second kappa shape index (κ2) is 9.73. The highest BCUT2D eigenvalue weighted by Gasteiger charge is 2.33. The normalized spacial score (nSPS) is 17.1. The summed E-state index contributed by atoms with van der Waals surface area (Å²) in [5, 5.41) is 3.30. The van der Waals surface area contributed by atoms with E-state index in [1.165, 1.54) is 0 Å². The molecule has 1 aliphatic rings. The van der Waals surface area contributed by atoms with Crippen LogP contribution in [0.4, 0.5) is 0 Å². The maximum atomic E-state index is 12.5. The van der Waals surface area contributed by atoms with Gasteiger partial charge in [-0.25, -0.2) is 13.1 Å². The summed E-state index contributed by atoms with van der Waals surface area (Å²) in [5.74, 6) is 0.665. The van der Waals surface area contributed by atoms with Crippen LogP contribution in [0.25, 0.3) is 0 Å². The molecule has 144 valence electrons.